The Morgan fingerprint density at radius 3 is 1.46 bits per heavy atom. The van der Waals surface area contributed by atoms with E-state index in [-0.39, 0.29) is 48.8 Å². The summed E-state index contributed by atoms with van der Waals surface area (Å²) in [6.07, 6.45) is 1.95. The molecule has 0 unspecified atom stereocenters. The van der Waals surface area contributed by atoms with Gasteiger partial charge in [-0.25, -0.2) is 9.59 Å². The second kappa shape index (κ2) is 15.4. The van der Waals surface area contributed by atoms with E-state index in [9.17, 15) is 9.59 Å². The van der Waals surface area contributed by atoms with Crippen LogP contribution in [0.4, 0.5) is 0 Å². The SMILES string of the molecule is CCOC(=O)[C@@H]1C[C@@H](N)CCO1.CCOC(=O)[C@H]1C[C@H](N)CCO1.Cl.Cl. The van der Waals surface area contributed by atoms with Crippen molar-refractivity contribution < 1.29 is 28.5 Å². The van der Waals surface area contributed by atoms with Gasteiger partial charge in [-0.05, 0) is 39.5 Å². The van der Waals surface area contributed by atoms with Gasteiger partial charge < -0.3 is 30.4 Å². The van der Waals surface area contributed by atoms with E-state index in [2.05, 4.69) is 0 Å². The standard InChI is InChI=1S/2C8H15NO3.2ClH/c2*1-2-11-8(10)7-5-6(9)3-4-12-7;;/h2*6-7H,2-5,9H2,1H3;2*1H/t2*6-,7-;;/m10../s1. The molecule has 8 nitrogen and oxygen atoms in total. The summed E-state index contributed by atoms with van der Waals surface area (Å²) < 4.78 is 20.0. The van der Waals surface area contributed by atoms with Gasteiger partial charge in [0.05, 0.1) is 13.2 Å². The molecular weight excluding hydrogens is 387 g/mol. The lowest BCUT2D eigenvalue weighted by Gasteiger charge is -2.25. The second-order valence-corrected chi connectivity index (χ2v) is 5.79. The first-order valence-corrected chi connectivity index (χ1v) is 8.55. The summed E-state index contributed by atoms with van der Waals surface area (Å²) in [5.41, 5.74) is 11.3. The highest BCUT2D eigenvalue weighted by Gasteiger charge is 2.27. The maximum atomic E-state index is 11.1. The lowest BCUT2D eigenvalue weighted by molar-refractivity contribution is -0.160. The average molecular weight is 419 g/mol. The van der Waals surface area contributed by atoms with E-state index in [1.165, 1.54) is 0 Å². The van der Waals surface area contributed by atoms with Gasteiger partial charge in [-0.2, -0.15) is 0 Å². The summed E-state index contributed by atoms with van der Waals surface area (Å²) >= 11 is 0. The molecule has 0 spiro atoms. The van der Waals surface area contributed by atoms with Crippen LogP contribution in [-0.2, 0) is 28.5 Å². The van der Waals surface area contributed by atoms with Crippen LogP contribution in [0.25, 0.3) is 0 Å². The monoisotopic (exact) mass is 418 g/mol. The van der Waals surface area contributed by atoms with E-state index in [0.717, 1.165) is 12.8 Å². The summed E-state index contributed by atoms with van der Waals surface area (Å²) in [6.45, 7) is 5.47. The van der Waals surface area contributed by atoms with Crippen LogP contribution in [0, 0.1) is 0 Å². The van der Waals surface area contributed by atoms with Crippen LogP contribution in [0.3, 0.4) is 0 Å². The Hall–Kier alpha value is -0.640. The van der Waals surface area contributed by atoms with Gasteiger partial charge in [-0.1, -0.05) is 0 Å². The van der Waals surface area contributed by atoms with Gasteiger partial charge in [0.2, 0.25) is 0 Å². The number of hydrogen-bond acceptors (Lipinski definition) is 8. The van der Waals surface area contributed by atoms with Crippen LogP contribution >= 0.6 is 24.8 Å². The molecule has 2 rings (SSSR count). The molecule has 0 bridgehead atoms. The van der Waals surface area contributed by atoms with E-state index in [1.54, 1.807) is 13.8 Å². The molecule has 0 radical (unpaired) electrons. The van der Waals surface area contributed by atoms with Crippen molar-refractivity contribution in [2.24, 2.45) is 11.5 Å². The van der Waals surface area contributed by atoms with Crippen LogP contribution in [-0.4, -0.2) is 62.7 Å². The van der Waals surface area contributed by atoms with Gasteiger partial charge in [-0.3, -0.25) is 0 Å². The largest absolute Gasteiger partial charge is 0.464 e. The van der Waals surface area contributed by atoms with Crippen molar-refractivity contribution >= 4 is 36.8 Å². The number of carbonyl (C=O) groups excluding carboxylic acids is 2. The van der Waals surface area contributed by atoms with Crippen molar-refractivity contribution in [3.05, 3.63) is 0 Å². The van der Waals surface area contributed by atoms with Gasteiger partial charge >= 0.3 is 11.9 Å². The Morgan fingerprint density at radius 2 is 1.19 bits per heavy atom. The molecule has 2 aliphatic rings. The molecule has 156 valence electrons. The zero-order valence-electron chi connectivity index (χ0n) is 15.4. The molecule has 2 heterocycles. The number of rotatable bonds is 4. The Labute approximate surface area is 167 Å². The summed E-state index contributed by atoms with van der Waals surface area (Å²) in [7, 11) is 0. The number of nitrogens with two attached hydrogens (primary N) is 2. The summed E-state index contributed by atoms with van der Waals surface area (Å²) in [5, 5.41) is 0. The van der Waals surface area contributed by atoms with Crippen LogP contribution in [0.5, 0.6) is 0 Å². The Kier molecular flexibility index (Phi) is 16.4. The van der Waals surface area contributed by atoms with Crippen LogP contribution < -0.4 is 11.5 Å². The number of halogens is 2. The van der Waals surface area contributed by atoms with Crippen molar-refractivity contribution in [1.29, 1.82) is 0 Å². The molecule has 2 saturated heterocycles. The van der Waals surface area contributed by atoms with Gasteiger partial charge in [0.15, 0.2) is 12.2 Å². The zero-order valence-corrected chi connectivity index (χ0v) is 17.0. The van der Waals surface area contributed by atoms with Crippen LogP contribution in [0.1, 0.15) is 39.5 Å². The average Bonchev–Trinajstić information content (AvgIpc) is 2.56. The summed E-state index contributed by atoms with van der Waals surface area (Å²) in [4.78, 5) is 22.3. The van der Waals surface area contributed by atoms with Crippen molar-refractivity contribution in [3.8, 4) is 0 Å². The van der Waals surface area contributed by atoms with E-state index in [0.29, 0.717) is 39.3 Å². The smallest absolute Gasteiger partial charge is 0.335 e. The maximum absolute atomic E-state index is 11.1. The first-order chi connectivity index (χ1) is 11.5. The lowest BCUT2D eigenvalue weighted by atomic mass is 10.0. The molecule has 26 heavy (non-hydrogen) atoms. The molecule has 4 atom stereocenters. The predicted octanol–water partition coefficient (Wildman–Crippen LogP) is 0.955. The van der Waals surface area contributed by atoms with Gasteiger partial charge in [0.1, 0.15) is 0 Å². The fourth-order valence-electron chi connectivity index (χ4n) is 2.44. The highest BCUT2D eigenvalue weighted by Crippen LogP contribution is 2.13. The van der Waals surface area contributed by atoms with Gasteiger partial charge in [0, 0.05) is 25.3 Å². The molecule has 4 N–H and O–H groups in total. The van der Waals surface area contributed by atoms with E-state index in [1.807, 2.05) is 0 Å². The molecule has 10 heteroatoms. The molecule has 0 aromatic heterocycles. The minimum atomic E-state index is -0.436. The minimum Gasteiger partial charge on any atom is -0.464 e. The molecule has 0 aromatic carbocycles. The van der Waals surface area contributed by atoms with Crippen molar-refractivity contribution in [2.75, 3.05) is 26.4 Å². The van der Waals surface area contributed by atoms with Crippen molar-refractivity contribution in [3.63, 3.8) is 0 Å². The number of hydrogen-bond donors (Lipinski definition) is 2. The molecule has 0 aliphatic carbocycles. The summed E-state index contributed by atoms with van der Waals surface area (Å²) in [6, 6.07) is 0.154. The molecule has 2 fully saturated rings. The fraction of sp³-hybridized carbons (Fsp3) is 0.875. The van der Waals surface area contributed by atoms with Gasteiger partial charge in [-0.15, -0.1) is 24.8 Å². The molecule has 0 aromatic rings. The van der Waals surface area contributed by atoms with Crippen molar-refractivity contribution in [1.82, 2.24) is 0 Å². The minimum absolute atomic E-state index is 0. The number of carbonyl (C=O) groups is 2. The lowest BCUT2D eigenvalue weighted by Crippen LogP contribution is -2.39. The van der Waals surface area contributed by atoms with Crippen LogP contribution in [0.15, 0.2) is 0 Å². The zero-order chi connectivity index (χ0) is 17.9. The van der Waals surface area contributed by atoms with Crippen molar-refractivity contribution in [2.45, 2.75) is 63.8 Å². The Balaban J connectivity index is 0. The first kappa shape index (κ1) is 27.6. The van der Waals surface area contributed by atoms with E-state index in [4.69, 9.17) is 30.4 Å². The second-order valence-electron chi connectivity index (χ2n) is 5.79. The Bertz CT molecular complexity index is 367. The predicted molar refractivity (Wildman–Crippen MR) is 102 cm³/mol. The molecule has 0 saturated carbocycles. The molecular formula is C16H32Cl2N2O6. The topological polar surface area (TPSA) is 123 Å². The highest BCUT2D eigenvalue weighted by molar-refractivity contribution is 5.85. The summed E-state index contributed by atoms with van der Waals surface area (Å²) in [5.74, 6) is -0.569. The number of esters is 2. The molecule has 2 aliphatic heterocycles. The van der Waals surface area contributed by atoms with Gasteiger partial charge in [0.25, 0.3) is 0 Å². The van der Waals surface area contributed by atoms with E-state index < -0.39 is 12.2 Å². The number of ether oxygens (including phenoxy) is 4. The first-order valence-electron chi connectivity index (χ1n) is 8.55. The Morgan fingerprint density at radius 1 is 0.846 bits per heavy atom. The maximum Gasteiger partial charge on any atom is 0.335 e. The van der Waals surface area contributed by atoms with Crippen LogP contribution in [0.2, 0.25) is 0 Å². The normalized spacial score (nSPS) is 27.5. The third kappa shape index (κ3) is 10.5. The highest BCUT2D eigenvalue weighted by atomic mass is 35.5. The fourth-order valence-corrected chi connectivity index (χ4v) is 2.44. The third-order valence-electron chi connectivity index (χ3n) is 3.75. The third-order valence-corrected chi connectivity index (χ3v) is 3.75. The molecule has 0 amide bonds. The quantitative estimate of drug-likeness (QED) is 0.646. The van der Waals surface area contributed by atoms with E-state index >= 15 is 0 Å².